The van der Waals surface area contributed by atoms with Gasteiger partial charge >= 0.3 is 0 Å². The van der Waals surface area contributed by atoms with Crippen molar-refractivity contribution in [3.8, 4) is 0 Å². The molecular weight excluding hydrogens is 186 g/mol. The van der Waals surface area contributed by atoms with Crippen molar-refractivity contribution in [3.63, 3.8) is 0 Å². The maximum atomic E-state index is 12.0. The van der Waals surface area contributed by atoms with Crippen LogP contribution < -0.4 is 5.32 Å². The van der Waals surface area contributed by atoms with Gasteiger partial charge in [0.15, 0.2) is 0 Å². The van der Waals surface area contributed by atoms with E-state index in [0.717, 1.165) is 12.1 Å². The number of alkyl halides is 2. The number of aromatic nitrogens is 1. The highest BCUT2D eigenvalue weighted by Crippen LogP contribution is 2.19. The zero-order valence-corrected chi connectivity index (χ0v) is 7.92. The molecule has 0 aromatic carbocycles. The van der Waals surface area contributed by atoms with Crippen LogP contribution in [0.4, 0.5) is 8.78 Å². The van der Waals surface area contributed by atoms with Gasteiger partial charge in [0.2, 0.25) is 0 Å². The minimum Gasteiger partial charge on any atom is -0.348 e. The highest BCUT2D eigenvalue weighted by atomic mass is 19.3. The highest BCUT2D eigenvalue weighted by Gasteiger charge is 2.19. The van der Waals surface area contributed by atoms with Crippen LogP contribution >= 0.6 is 0 Å². The predicted octanol–water partition coefficient (Wildman–Crippen LogP) is 2.01. The van der Waals surface area contributed by atoms with Gasteiger partial charge in [-0.2, -0.15) is 0 Å². The van der Waals surface area contributed by atoms with E-state index < -0.39 is 6.43 Å². The summed E-state index contributed by atoms with van der Waals surface area (Å²) < 4.78 is 25.6. The van der Waals surface area contributed by atoms with Crippen LogP contribution in [0.2, 0.25) is 0 Å². The van der Waals surface area contributed by atoms with Crippen molar-refractivity contribution in [1.29, 1.82) is 0 Å². The monoisotopic (exact) mass is 200 g/mol. The second-order valence-corrected chi connectivity index (χ2v) is 3.76. The summed E-state index contributed by atoms with van der Waals surface area (Å²) in [6.07, 6.45) is 3.71. The summed E-state index contributed by atoms with van der Waals surface area (Å²) in [6, 6.07) is 2.55. The number of hydrogen-bond acceptors (Lipinski definition) is 1. The lowest BCUT2D eigenvalue weighted by Gasteiger charge is -2.01. The van der Waals surface area contributed by atoms with Crippen molar-refractivity contribution in [3.05, 3.63) is 24.0 Å². The zero-order valence-electron chi connectivity index (χ0n) is 7.92. The van der Waals surface area contributed by atoms with Crippen LogP contribution in [-0.2, 0) is 13.1 Å². The summed E-state index contributed by atoms with van der Waals surface area (Å²) in [5, 5.41) is 3.34. The van der Waals surface area contributed by atoms with Crippen LogP contribution in [0.25, 0.3) is 0 Å². The predicted molar refractivity (Wildman–Crippen MR) is 50.3 cm³/mol. The van der Waals surface area contributed by atoms with Gasteiger partial charge in [-0.15, -0.1) is 0 Å². The van der Waals surface area contributed by atoms with E-state index in [1.165, 1.54) is 17.4 Å². The van der Waals surface area contributed by atoms with Gasteiger partial charge in [0.1, 0.15) is 0 Å². The van der Waals surface area contributed by atoms with Crippen molar-refractivity contribution in [2.75, 3.05) is 0 Å². The Morgan fingerprint density at radius 3 is 2.93 bits per heavy atom. The van der Waals surface area contributed by atoms with E-state index in [1.54, 1.807) is 12.4 Å². The molecule has 1 aliphatic rings. The third-order valence-electron chi connectivity index (χ3n) is 2.33. The van der Waals surface area contributed by atoms with E-state index in [2.05, 4.69) is 5.32 Å². The fourth-order valence-electron chi connectivity index (χ4n) is 1.42. The first kappa shape index (κ1) is 9.65. The largest absolute Gasteiger partial charge is 0.348 e. The molecule has 0 atom stereocenters. The summed E-state index contributed by atoms with van der Waals surface area (Å²) in [6.45, 7) is 0.588. The number of halogens is 2. The van der Waals surface area contributed by atoms with E-state index in [9.17, 15) is 8.78 Å². The van der Waals surface area contributed by atoms with Crippen molar-refractivity contribution < 1.29 is 8.78 Å². The quantitative estimate of drug-likeness (QED) is 0.769. The summed E-state index contributed by atoms with van der Waals surface area (Å²) in [5.41, 5.74) is 1.08. The fourth-order valence-corrected chi connectivity index (χ4v) is 1.42. The summed E-state index contributed by atoms with van der Waals surface area (Å²) in [4.78, 5) is 0. The molecule has 14 heavy (non-hydrogen) atoms. The van der Waals surface area contributed by atoms with Crippen molar-refractivity contribution in [1.82, 2.24) is 9.88 Å². The fraction of sp³-hybridized carbons (Fsp3) is 0.600. The minimum atomic E-state index is -2.27. The third-order valence-corrected chi connectivity index (χ3v) is 2.33. The van der Waals surface area contributed by atoms with Gasteiger partial charge in [0.25, 0.3) is 6.43 Å². The van der Waals surface area contributed by atoms with Crippen LogP contribution in [0.15, 0.2) is 18.5 Å². The Bertz CT molecular complexity index is 292. The van der Waals surface area contributed by atoms with Gasteiger partial charge in [-0.1, -0.05) is 0 Å². The SMILES string of the molecule is FC(F)Cn1ccc(CNC2CC2)c1. The van der Waals surface area contributed by atoms with Gasteiger partial charge in [-0.25, -0.2) is 8.78 Å². The molecule has 2 nitrogen and oxygen atoms in total. The molecule has 1 fully saturated rings. The lowest BCUT2D eigenvalue weighted by molar-refractivity contribution is 0.126. The molecule has 1 aromatic rings. The molecule has 0 radical (unpaired) electrons. The first-order valence-electron chi connectivity index (χ1n) is 4.90. The summed E-state index contributed by atoms with van der Waals surface area (Å²) >= 11 is 0. The van der Waals surface area contributed by atoms with E-state index in [1.807, 2.05) is 6.07 Å². The molecule has 0 unspecified atom stereocenters. The lowest BCUT2D eigenvalue weighted by Crippen LogP contribution is -2.14. The molecule has 0 spiro atoms. The number of nitrogens with one attached hydrogen (secondary N) is 1. The molecule has 1 aliphatic carbocycles. The molecule has 1 aromatic heterocycles. The van der Waals surface area contributed by atoms with Gasteiger partial charge in [0.05, 0.1) is 6.54 Å². The highest BCUT2D eigenvalue weighted by molar-refractivity contribution is 5.10. The van der Waals surface area contributed by atoms with Gasteiger partial charge in [-0.3, -0.25) is 0 Å². The Kier molecular flexibility index (Phi) is 2.82. The molecule has 1 heterocycles. The molecule has 1 N–H and O–H groups in total. The molecular formula is C10H14F2N2. The first-order valence-corrected chi connectivity index (χ1v) is 4.90. The Morgan fingerprint density at radius 2 is 2.29 bits per heavy atom. The topological polar surface area (TPSA) is 17.0 Å². The van der Waals surface area contributed by atoms with Crippen molar-refractivity contribution in [2.24, 2.45) is 0 Å². The van der Waals surface area contributed by atoms with Crippen LogP contribution in [0.3, 0.4) is 0 Å². The zero-order chi connectivity index (χ0) is 9.97. The van der Waals surface area contributed by atoms with E-state index in [0.29, 0.717) is 6.04 Å². The Hall–Kier alpha value is -0.900. The second kappa shape index (κ2) is 4.09. The van der Waals surface area contributed by atoms with E-state index in [-0.39, 0.29) is 6.54 Å². The summed E-state index contributed by atoms with van der Waals surface area (Å²) in [7, 11) is 0. The molecule has 0 bridgehead atoms. The smallest absolute Gasteiger partial charge is 0.256 e. The average molecular weight is 200 g/mol. The second-order valence-electron chi connectivity index (χ2n) is 3.76. The van der Waals surface area contributed by atoms with Gasteiger partial charge in [0, 0.05) is 25.0 Å². The number of hydrogen-bond donors (Lipinski definition) is 1. The molecule has 4 heteroatoms. The van der Waals surface area contributed by atoms with Crippen LogP contribution in [-0.4, -0.2) is 17.0 Å². The van der Waals surface area contributed by atoms with Crippen LogP contribution in [0, 0.1) is 0 Å². The van der Waals surface area contributed by atoms with E-state index >= 15 is 0 Å². The summed E-state index contributed by atoms with van der Waals surface area (Å²) in [5.74, 6) is 0. The Labute approximate surface area is 81.9 Å². The van der Waals surface area contributed by atoms with Crippen molar-refractivity contribution in [2.45, 2.75) is 38.4 Å². The van der Waals surface area contributed by atoms with Crippen LogP contribution in [0.5, 0.6) is 0 Å². The van der Waals surface area contributed by atoms with Crippen LogP contribution in [0.1, 0.15) is 18.4 Å². The average Bonchev–Trinajstić information content (AvgIpc) is 2.84. The minimum absolute atomic E-state index is 0.205. The van der Waals surface area contributed by atoms with Gasteiger partial charge in [-0.05, 0) is 24.5 Å². The maximum Gasteiger partial charge on any atom is 0.256 e. The molecule has 0 saturated heterocycles. The number of rotatable bonds is 5. The van der Waals surface area contributed by atoms with Crippen molar-refractivity contribution >= 4 is 0 Å². The van der Waals surface area contributed by atoms with Gasteiger partial charge < -0.3 is 9.88 Å². The Morgan fingerprint density at radius 1 is 1.50 bits per heavy atom. The molecule has 1 saturated carbocycles. The standard InChI is InChI=1S/C10H14F2N2/c11-10(12)7-14-4-3-8(6-14)5-13-9-1-2-9/h3-4,6,9-10,13H,1-2,5,7H2. The molecule has 0 aliphatic heterocycles. The van der Waals surface area contributed by atoms with E-state index in [4.69, 9.17) is 0 Å². The molecule has 78 valence electrons. The maximum absolute atomic E-state index is 12.0. The normalized spacial score (nSPS) is 16.5. The number of nitrogens with zero attached hydrogens (tertiary/aromatic N) is 1. The molecule has 2 rings (SSSR count). The third kappa shape index (κ3) is 2.80. The first-order chi connectivity index (χ1) is 6.74. The lowest BCUT2D eigenvalue weighted by atomic mass is 10.3. The Balaban J connectivity index is 1.81. The molecule has 0 amide bonds.